The van der Waals surface area contributed by atoms with E-state index in [4.69, 9.17) is 4.74 Å². The number of anilines is 1. The number of hydrogen-bond acceptors (Lipinski definition) is 4. The molecule has 106 valence electrons. The highest BCUT2D eigenvalue weighted by atomic mass is 16.5. The molecule has 0 aliphatic heterocycles. The van der Waals surface area contributed by atoms with Crippen LogP contribution < -0.4 is 10.2 Å². The fourth-order valence-corrected chi connectivity index (χ4v) is 2.42. The molecule has 1 aliphatic rings. The van der Waals surface area contributed by atoms with Crippen LogP contribution in [0.1, 0.15) is 32.3 Å². The van der Waals surface area contributed by atoms with Crippen molar-refractivity contribution in [2.45, 2.75) is 45.3 Å². The first-order valence-corrected chi connectivity index (χ1v) is 7.18. The summed E-state index contributed by atoms with van der Waals surface area (Å²) in [5, 5.41) is 3.58. The average molecular weight is 263 g/mol. The van der Waals surface area contributed by atoms with Gasteiger partial charge in [0, 0.05) is 38.5 Å². The Morgan fingerprint density at radius 1 is 1.53 bits per heavy atom. The minimum Gasteiger partial charge on any atom is -0.383 e. The summed E-state index contributed by atoms with van der Waals surface area (Å²) in [5.74, 6) is 0. The molecule has 0 saturated heterocycles. The zero-order valence-electron chi connectivity index (χ0n) is 12.2. The van der Waals surface area contributed by atoms with E-state index in [0.717, 1.165) is 25.7 Å². The summed E-state index contributed by atoms with van der Waals surface area (Å²) < 4.78 is 5.28. The molecule has 4 heteroatoms. The van der Waals surface area contributed by atoms with E-state index in [-0.39, 0.29) is 0 Å². The second kappa shape index (κ2) is 6.87. The van der Waals surface area contributed by atoms with Gasteiger partial charge in [-0.2, -0.15) is 0 Å². The highest BCUT2D eigenvalue weighted by Gasteiger charge is 2.21. The van der Waals surface area contributed by atoms with Crippen LogP contribution in [-0.2, 0) is 11.3 Å². The van der Waals surface area contributed by atoms with Crippen molar-refractivity contribution in [3.8, 4) is 0 Å². The minimum atomic E-state index is 0.360. The van der Waals surface area contributed by atoms with Gasteiger partial charge in [-0.1, -0.05) is 0 Å². The molecule has 1 fully saturated rings. The van der Waals surface area contributed by atoms with E-state index in [1.54, 1.807) is 7.11 Å². The summed E-state index contributed by atoms with van der Waals surface area (Å²) in [6.07, 6.45) is 6.48. The Morgan fingerprint density at radius 3 is 2.95 bits per heavy atom. The van der Waals surface area contributed by atoms with Gasteiger partial charge in [0.1, 0.15) is 0 Å². The summed E-state index contributed by atoms with van der Waals surface area (Å²) in [6, 6.07) is 3.21. The van der Waals surface area contributed by atoms with Crippen molar-refractivity contribution >= 4 is 5.69 Å². The second-order valence-electron chi connectivity index (χ2n) is 5.25. The predicted octanol–water partition coefficient (Wildman–Crippen LogP) is 2.19. The topological polar surface area (TPSA) is 37.4 Å². The standard InChI is InChI=1S/C15H25N3O/c1-4-18(12(2)11-19-3)15-10-16-8-7-13(15)9-17-14-5-6-14/h7-8,10,12,14,17H,4-6,9,11H2,1-3H3. The molecule has 4 nitrogen and oxygen atoms in total. The molecule has 19 heavy (non-hydrogen) atoms. The van der Waals surface area contributed by atoms with Gasteiger partial charge < -0.3 is 15.0 Å². The summed E-state index contributed by atoms with van der Waals surface area (Å²) >= 11 is 0. The van der Waals surface area contributed by atoms with Crippen molar-refractivity contribution in [1.82, 2.24) is 10.3 Å². The van der Waals surface area contributed by atoms with Crippen molar-refractivity contribution in [3.63, 3.8) is 0 Å². The molecule has 0 amide bonds. The van der Waals surface area contributed by atoms with Crippen molar-refractivity contribution in [1.29, 1.82) is 0 Å². The quantitative estimate of drug-likeness (QED) is 0.780. The number of nitrogens with one attached hydrogen (secondary N) is 1. The van der Waals surface area contributed by atoms with Gasteiger partial charge in [-0.3, -0.25) is 4.98 Å². The lowest BCUT2D eigenvalue weighted by atomic mass is 10.1. The predicted molar refractivity (Wildman–Crippen MR) is 78.5 cm³/mol. The van der Waals surface area contributed by atoms with Crippen LogP contribution in [0.4, 0.5) is 5.69 Å². The maximum Gasteiger partial charge on any atom is 0.0663 e. The number of pyridine rings is 1. The third-order valence-electron chi connectivity index (χ3n) is 3.64. The lowest BCUT2D eigenvalue weighted by Crippen LogP contribution is -2.37. The summed E-state index contributed by atoms with van der Waals surface area (Å²) in [5.41, 5.74) is 2.55. The van der Waals surface area contributed by atoms with Crippen LogP contribution in [0, 0.1) is 0 Å². The Hall–Kier alpha value is -1.13. The Labute approximate surface area is 116 Å². The van der Waals surface area contributed by atoms with Gasteiger partial charge in [0.05, 0.1) is 18.5 Å². The van der Waals surface area contributed by atoms with E-state index in [2.05, 4.69) is 35.1 Å². The van der Waals surface area contributed by atoms with E-state index in [0.29, 0.717) is 6.04 Å². The molecule has 1 heterocycles. The van der Waals surface area contributed by atoms with Gasteiger partial charge in [-0.05, 0) is 38.3 Å². The Balaban J connectivity index is 2.10. The Kier molecular flexibility index (Phi) is 5.16. The maximum absolute atomic E-state index is 5.28. The average Bonchev–Trinajstić information content (AvgIpc) is 3.23. The second-order valence-corrected chi connectivity index (χ2v) is 5.25. The number of methoxy groups -OCH3 is 1. The molecule has 0 aromatic carbocycles. The number of ether oxygens (including phenoxy) is 1. The highest BCUT2D eigenvalue weighted by Crippen LogP contribution is 2.24. The molecule has 1 atom stereocenters. The summed E-state index contributed by atoms with van der Waals surface area (Å²) in [4.78, 5) is 6.65. The van der Waals surface area contributed by atoms with Crippen molar-refractivity contribution in [2.24, 2.45) is 0 Å². The zero-order chi connectivity index (χ0) is 13.7. The van der Waals surface area contributed by atoms with Gasteiger partial charge in [0.25, 0.3) is 0 Å². The maximum atomic E-state index is 5.28. The summed E-state index contributed by atoms with van der Waals surface area (Å²) in [6.45, 7) is 7.00. The minimum absolute atomic E-state index is 0.360. The number of likely N-dealkylation sites (N-methyl/N-ethyl adjacent to an activating group) is 1. The van der Waals surface area contributed by atoms with Crippen LogP contribution in [-0.4, -0.2) is 37.3 Å². The monoisotopic (exact) mass is 263 g/mol. The fraction of sp³-hybridized carbons (Fsp3) is 0.667. The van der Waals surface area contributed by atoms with E-state index in [1.807, 2.05) is 12.4 Å². The van der Waals surface area contributed by atoms with E-state index < -0.39 is 0 Å². The third kappa shape index (κ3) is 3.91. The molecule has 1 aromatic rings. The lowest BCUT2D eigenvalue weighted by Gasteiger charge is -2.31. The van der Waals surface area contributed by atoms with Crippen molar-refractivity contribution < 1.29 is 4.74 Å². The molecule has 0 bridgehead atoms. The molecule has 1 saturated carbocycles. The molecule has 1 unspecified atom stereocenters. The van der Waals surface area contributed by atoms with E-state index >= 15 is 0 Å². The molecular weight excluding hydrogens is 238 g/mol. The van der Waals surface area contributed by atoms with Crippen LogP contribution in [0.5, 0.6) is 0 Å². The van der Waals surface area contributed by atoms with Crippen LogP contribution in [0.2, 0.25) is 0 Å². The van der Waals surface area contributed by atoms with Crippen LogP contribution in [0.25, 0.3) is 0 Å². The Morgan fingerprint density at radius 2 is 2.32 bits per heavy atom. The molecule has 0 spiro atoms. The number of aromatic nitrogens is 1. The summed E-state index contributed by atoms with van der Waals surface area (Å²) in [7, 11) is 1.75. The molecule has 0 radical (unpaired) electrons. The normalized spacial score (nSPS) is 16.4. The van der Waals surface area contributed by atoms with E-state index in [9.17, 15) is 0 Å². The van der Waals surface area contributed by atoms with Crippen LogP contribution in [0.3, 0.4) is 0 Å². The molecular formula is C15H25N3O. The lowest BCUT2D eigenvalue weighted by molar-refractivity contribution is 0.182. The molecule has 1 N–H and O–H groups in total. The number of rotatable bonds is 8. The molecule has 2 rings (SSSR count). The van der Waals surface area contributed by atoms with Gasteiger partial charge in [-0.25, -0.2) is 0 Å². The van der Waals surface area contributed by atoms with Gasteiger partial charge in [-0.15, -0.1) is 0 Å². The van der Waals surface area contributed by atoms with Crippen LogP contribution >= 0.6 is 0 Å². The van der Waals surface area contributed by atoms with Gasteiger partial charge >= 0.3 is 0 Å². The first-order chi connectivity index (χ1) is 9.26. The van der Waals surface area contributed by atoms with Gasteiger partial charge in [0.15, 0.2) is 0 Å². The van der Waals surface area contributed by atoms with Crippen molar-refractivity contribution in [2.75, 3.05) is 25.2 Å². The number of hydrogen-bond donors (Lipinski definition) is 1. The Bertz CT molecular complexity index is 393. The van der Waals surface area contributed by atoms with E-state index in [1.165, 1.54) is 24.1 Å². The zero-order valence-corrected chi connectivity index (χ0v) is 12.2. The van der Waals surface area contributed by atoms with Crippen molar-refractivity contribution in [3.05, 3.63) is 24.0 Å². The first kappa shape index (κ1) is 14.3. The number of nitrogens with zero attached hydrogens (tertiary/aromatic N) is 2. The molecule has 1 aliphatic carbocycles. The van der Waals surface area contributed by atoms with Gasteiger partial charge in [0.2, 0.25) is 0 Å². The molecule has 1 aromatic heterocycles. The highest BCUT2D eigenvalue weighted by molar-refractivity contribution is 5.52. The fourth-order valence-electron chi connectivity index (χ4n) is 2.42. The smallest absolute Gasteiger partial charge is 0.0663 e. The largest absolute Gasteiger partial charge is 0.383 e. The SMILES string of the molecule is CCN(c1cnccc1CNC1CC1)C(C)COC. The third-order valence-corrected chi connectivity index (χ3v) is 3.64. The first-order valence-electron chi connectivity index (χ1n) is 7.18. The van der Waals surface area contributed by atoms with Crippen LogP contribution in [0.15, 0.2) is 18.5 Å².